The van der Waals surface area contributed by atoms with Crippen molar-refractivity contribution in [3.05, 3.63) is 51.9 Å². The Labute approximate surface area is 152 Å². The summed E-state index contributed by atoms with van der Waals surface area (Å²) in [5, 5.41) is 12.8. The SMILES string of the molecule is O=C(O)NC1(c2ccc(-c3oc4cnccc4c3I)cc2)CCC1. The summed E-state index contributed by atoms with van der Waals surface area (Å²) in [5.41, 5.74) is 2.32. The summed E-state index contributed by atoms with van der Waals surface area (Å²) in [7, 11) is 0. The molecule has 1 aromatic carbocycles. The molecule has 6 heteroatoms. The molecule has 0 unspecified atom stereocenters. The fourth-order valence-electron chi connectivity index (χ4n) is 3.27. The first-order valence-corrected chi connectivity index (χ1v) is 8.81. The highest BCUT2D eigenvalue weighted by molar-refractivity contribution is 14.1. The second-order valence-corrected chi connectivity index (χ2v) is 7.14. The van der Waals surface area contributed by atoms with Crippen LogP contribution < -0.4 is 5.32 Å². The van der Waals surface area contributed by atoms with E-state index in [0.29, 0.717) is 0 Å². The molecule has 0 spiro atoms. The maximum Gasteiger partial charge on any atom is 0.405 e. The van der Waals surface area contributed by atoms with Crippen molar-refractivity contribution in [2.45, 2.75) is 24.8 Å². The van der Waals surface area contributed by atoms with Crippen LogP contribution in [0, 0.1) is 3.57 Å². The average molecular weight is 434 g/mol. The second kappa shape index (κ2) is 5.77. The lowest BCUT2D eigenvalue weighted by atomic mass is 9.72. The standard InChI is InChI=1S/C18H15IN2O3/c19-15-13-6-9-20-10-14(13)24-16(15)11-2-4-12(5-3-11)18(7-1-8-18)21-17(22)23/h2-6,9-10,21H,1,7-8H2,(H,22,23). The number of amides is 1. The van der Waals surface area contributed by atoms with E-state index < -0.39 is 11.6 Å². The lowest BCUT2D eigenvalue weighted by Gasteiger charge is -2.42. The summed E-state index contributed by atoms with van der Waals surface area (Å²) in [6.07, 6.45) is 5.22. The van der Waals surface area contributed by atoms with Crippen LogP contribution in [-0.4, -0.2) is 16.2 Å². The zero-order valence-electron chi connectivity index (χ0n) is 12.8. The molecule has 1 saturated carbocycles. The molecule has 0 aliphatic heterocycles. The van der Waals surface area contributed by atoms with E-state index in [9.17, 15) is 4.79 Å². The van der Waals surface area contributed by atoms with E-state index in [1.54, 1.807) is 12.4 Å². The smallest absolute Gasteiger partial charge is 0.405 e. The number of nitrogens with zero attached hydrogens (tertiary/aromatic N) is 1. The number of carboxylic acid groups (broad SMARTS) is 1. The summed E-state index contributed by atoms with van der Waals surface area (Å²) in [6, 6.07) is 9.91. The first-order chi connectivity index (χ1) is 11.6. The normalized spacial score (nSPS) is 15.9. The quantitative estimate of drug-likeness (QED) is 0.584. The summed E-state index contributed by atoms with van der Waals surface area (Å²) < 4.78 is 6.99. The average Bonchev–Trinajstić information content (AvgIpc) is 2.88. The van der Waals surface area contributed by atoms with E-state index in [0.717, 1.165) is 50.7 Å². The van der Waals surface area contributed by atoms with E-state index in [4.69, 9.17) is 9.52 Å². The van der Waals surface area contributed by atoms with Crippen LogP contribution in [0.25, 0.3) is 22.3 Å². The lowest BCUT2D eigenvalue weighted by Crippen LogP contribution is -2.50. The fourth-order valence-corrected chi connectivity index (χ4v) is 4.13. The number of fused-ring (bicyclic) bond motifs is 1. The Morgan fingerprint density at radius 3 is 2.58 bits per heavy atom. The van der Waals surface area contributed by atoms with Gasteiger partial charge in [-0.1, -0.05) is 24.3 Å². The van der Waals surface area contributed by atoms with Crippen molar-refractivity contribution < 1.29 is 14.3 Å². The maximum atomic E-state index is 11.1. The minimum absolute atomic E-state index is 0.435. The molecule has 5 nitrogen and oxygen atoms in total. The molecule has 3 aromatic rings. The molecule has 1 amide bonds. The van der Waals surface area contributed by atoms with Crippen LogP contribution >= 0.6 is 22.6 Å². The Morgan fingerprint density at radius 2 is 2.00 bits per heavy atom. The Morgan fingerprint density at radius 1 is 1.25 bits per heavy atom. The molecule has 0 radical (unpaired) electrons. The summed E-state index contributed by atoms with van der Waals surface area (Å²) >= 11 is 2.29. The fraction of sp³-hybridized carbons (Fsp3) is 0.222. The topological polar surface area (TPSA) is 75.4 Å². The first kappa shape index (κ1) is 15.4. The van der Waals surface area contributed by atoms with Crippen molar-refractivity contribution in [3.8, 4) is 11.3 Å². The van der Waals surface area contributed by atoms with Gasteiger partial charge in [-0.15, -0.1) is 0 Å². The minimum Gasteiger partial charge on any atom is -0.465 e. The number of rotatable bonds is 3. The molecule has 1 aliphatic rings. The molecule has 2 N–H and O–H groups in total. The van der Waals surface area contributed by atoms with Gasteiger partial charge in [-0.3, -0.25) is 4.98 Å². The molecule has 1 fully saturated rings. The van der Waals surface area contributed by atoms with Crippen molar-refractivity contribution in [1.29, 1.82) is 0 Å². The molecule has 0 saturated heterocycles. The van der Waals surface area contributed by atoms with E-state index in [1.165, 1.54) is 0 Å². The highest BCUT2D eigenvalue weighted by atomic mass is 127. The monoisotopic (exact) mass is 434 g/mol. The number of hydrogen-bond donors (Lipinski definition) is 2. The van der Waals surface area contributed by atoms with E-state index in [-0.39, 0.29) is 0 Å². The molecule has 2 heterocycles. The van der Waals surface area contributed by atoms with Crippen molar-refractivity contribution in [3.63, 3.8) is 0 Å². The molecule has 24 heavy (non-hydrogen) atoms. The van der Waals surface area contributed by atoms with Gasteiger partial charge in [0.2, 0.25) is 0 Å². The molecule has 122 valence electrons. The van der Waals surface area contributed by atoms with E-state index in [2.05, 4.69) is 32.9 Å². The summed E-state index contributed by atoms with van der Waals surface area (Å²) in [6.45, 7) is 0. The van der Waals surface area contributed by atoms with Crippen LogP contribution in [0.4, 0.5) is 4.79 Å². The third-order valence-electron chi connectivity index (χ3n) is 4.69. The Bertz CT molecular complexity index is 914. The highest BCUT2D eigenvalue weighted by Gasteiger charge is 2.40. The summed E-state index contributed by atoms with van der Waals surface area (Å²) in [4.78, 5) is 15.2. The zero-order chi connectivity index (χ0) is 16.7. The highest BCUT2D eigenvalue weighted by Crippen LogP contribution is 2.42. The number of aromatic nitrogens is 1. The van der Waals surface area contributed by atoms with Crippen LogP contribution in [0.5, 0.6) is 0 Å². The van der Waals surface area contributed by atoms with Gasteiger partial charge in [0.1, 0.15) is 5.76 Å². The van der Waals surface area contributed by atoms with Crippen molar-refractivity contribution >= 4 is 39.7 Å². The number of benzene rings is 1. The number of pyridine rings is 1. The molecular weight excluding hydrogens is 419 g/mol. The molecule has 2 aromatic heterocycles. The van der Waals surface area contributed by atoms with Crippen LogP contribution in [0.15, 0.2) is 47.1 Å². The van der Waals surface area contributed by atoms with Crippen LogP contribution in [0.1, 0.15) is 24.8 Å². The number of halogens is 1. The van der Waals surface area contributed by atoms with Gasteiger partial charge in [0.05, 0.1) is 15.3 Å². The number of hydrogen-bond acceptors (Lipinski definition) is 3. The molecule has 0 atom stereocenters. The van der Waals surface area contributed by atoms with Gasteiger partial charge < -0.3 is 14.8 Å². The van der Waals surface area contributed by atoms with Gasteiger partial charge in [0, 0.05) is 17.1 Å². The Kier molecular flexibility index (Phi) is 3.71. The van der Waals surface area contributed by atoms with Crippen LogP contribution in [0.3, 0.4) is 0 Å². The van der Waals surface area contributed by atoms with E-state index >= 15 is 0 Å². The molecule has 1 aliphatic carbocycles. The van der Waals surface area contributed by atoms with Gasteiger partial charge in [0.15, 0.2) is 5.58 Å². The van der Waals surface area contributed by atoms with Gasteiger partial charge >= 0.3 is 6.09 Å². The van der Waals surface area contributed by atoms with Crippen molar-refractivity contribution in [2.75, 3.05) is 0 Å². The third kappa shape index (κ3) is 2.45. The Hall–Kier alpha value is -2.09. The predicted octanol–water partition coefficient (Wildman–Crippen LogP) is 4.75. The zero-order valence-corrected chi connectivity index (χ0v) is 14.9. The second-order valence-electron chi connectivity index (χ2n) is 6.06. The molecular formula is C18H15IN2O3. The van der Waals surface area contributed by atoms with Crippen molar-refractivity contribution in [1.82, 2.24) is 10.3 Å². The largest absolute Gasteiger partial charge is 0.465 e. The Balaban J connectivity index is 1.70. The van der Waals surface area contributed by atoms with Gasteiger partial charge in [-0.05, 0) is 53.5 Å². The lowest BCUT2D eigenvalue weighted by molar-refractivity contribution is 0.144. The molecule has 0 bridgehead atoms. The van der Waals surface area contributed by atoms with Crippen LogP contribution in [-0.2, 0) is 5.54 Å². The maximum absolute atomic E-state index is 11.1. The first-order valence-electron chi connectivity index (χ1n) is 7.73. The minimum atomic E-state index is -0.974. The summed E-state index contributed by atoms with van der Waals surface area (Å²) in [5.74, 6) is 0.819. The number of carbonyl (C=O) groups is 1. The molecule has 4 rings (SSSR count). The van der Waals surface area contributed by atoms with Crippen LogP contribution in [0.2, 0.25) is 0 Å². The van der Waals surface area contributed by atoms with Crippen molar-refractivity contribution in [2.24, 2.45) is 0 Å². The number of furan rings is 1. The van der Waals surface area contributed by atoms with E-state index in [1.807, 2.05) is 30.3 Å². The van der Waals surface area contributed by atoms with Gasteiger partial charge in [-0.2, -0.15) is 0 Å². The predicted molar refractivity (Wildman–Crippen MR) is 98.9 cm³/mol. The van der Waals surface area contributed by atoms with Gasteiger partial charge in [-0.25, -0.2) is 4.79 Å². The van der Waals surface area contributed by atoms with Gasteiger partial charge in [0.25, 0.3) is 0 Å². The third-order valence-corrected chi connectivity index (χ3v) is 5.76. The number of nitrogens with one attached hydrogen (secondary N) is 1.